The summed E-state index contributed by atoms with van der Waals surface area (Å²) in [7, 11) is 0. The number of hydrogen-bond donors (Lipinski definition) is 1. The number of likely N-dealkylation sites (tertiary alicyclic amines) is 1. The van der Waals surface area contributed by atoms with Crippen molar-refractivity contribution in [1.82, 2.24) is 4.90 Å². The summed E-state index contributed by atoms with van der Waals surface area (Å²) in [5.74, 6) is -0.966. The number of amides is 1. The van der Waals surface area contributed by atoms with Crippen molar-refractivity contribution in [3.05, 3.63) is 0 Å². The third-order valence-corrected chi connectivity index (χ3v) is 5.12. The Hall–Kier alpha value is -1.04. The molecule has 0 aromatic carbocycles. The van der Waals surface area contributed by atoms with Gasteiger partial charge in [-0.2, -0.15) is 0 Å². The zero-order valence-electron chi connectivity index (χ0n) is 11.7. The van der Waals surface area contributed by atoms with E-state index in [0.717, 1.165) is 43.9 Å². The minimum atomic E-state index is -0.904. The average molecular weight is 299 g/mol. The first-order chi connectivity index (χ1) is 9.49. The fourth-order valence-corrected chi connectivity index (χ4v) is 4.25. The topological polar surface area (TPSA) is 74.7 Å². The number of carbonyl (C=O) groups is 3. The molecule has 2 rings (SSSR count). The van der Waals surface area contributed by atoms with Crippen LogP contribution in [0.4, 0.5) is 0 Å². The number of carbonyl (C=O) groups excluding carboxylic acids is 2. The van der Waals surface area contributed by atoms with Crippen LogP contribution >= 0.6 is 11.8 Å². The van der Waals surface area contributed by atoms with Crippen molar-refractivity contribution in [2.75, 3.05) is 6.54 Å². The van der Waals surface area contributed by atoms with E-state index >= 15 is 0 Å². The first kappa shape index (κ1) is 15.4. The third-order valence-electron chi connectivity index (χ3n) is 4.14. The van der Waals surface area contributed by atoms with Crippen LogP contribution in [0.15, 0.2) is 0 Å². The van der Waals surface area contributed by atoms with Crippen molar-refractivity contribution in [2.45, 2.75) is 56.7 Å². The monoisotopic (exact) mass is 299 g/mol. The van der Waals surface area contributed by atoms with E-state index in [2.05, 4.69) is 0 Å². The minimum Gasteiger partial charge on any atom is -0.480 e. The van der Waals surface area contributed by atoms with Gasteiger partial charge in [-0.15, -0.1) is 0 Å². The lowest BCUT2D eigenvalue weighted by molar-refractivity contribution is -0.151. The molecule has 1 N–H and O–H groups in total. The Bertz CT molecular complexity index is 406. The van der Waals surface area contributed by atoms with Gasteiger partial charge in [-0.3, -0.25) is 9.59 Å². The summed E-state index contributed by atoms with van der Waals surface area (Å²) in [6.07, 6.45) is 5.28. The van der Waals surface area contributed by atoms with Gasteiger partial charge in [-0.05, 0) is 18.8 Å². The molecule has 1 aliphatic heterocycles. The van der Waals surface area contributed by atoms with E-state index in [9.17, 15) is 19.5 Å². The molecule has 2 aliphatic rings. The van der Waals surface area contributed by atoms with Crippen LogP contribution in [0.3, 0.4) is 0 Å². The standard InChI is InChI=1S/C14H21NO4S/c1-9(16)20-11-7-12(17)15(8-11)13(14(18)19)10-5-3-2-4-6-10/h10-11,13H,2-8H2,1H3,(H,18,19)/t11?,13-/m0/s1. The summed E-state index contributed by atoms with van der Waals surface area (Å²) in [6, 6.07) is -0.708. The summed E-state index contributed by atoms with van der Waals surface area (Å²) < 4.78 is 0. The van der Waals surface area contributed by atoms with Gasteiger partial charge in [0.05, 0.1) is 0 Å². The highest BCUT2D eigenvalue weighted by molar-refractivity contribution is 8.14. The maximum Gasteiger partial charge on any atom is 0.326 e. The van der Waals surface area contributed by atoms with Crippen molar-refractivity contribution >= 4 is 28.8 Å². The molecule has 0 aromatic rings. The van der Waals surface area contributed by atoms with Crippen molar-refractivity contribution in [2.24, 2.45) is 5.92 Å². The van der Waals surface area contributed by atoms with Gasteiger partial charge < -0.3 is 10.0 Å². The van der Waals surface area contributed by atoms with Crippen LogP contribution in [0.5, 0.6) is 0 Å². The van der Waals surface area contributed by atoms with E-state index in [4.69, 9.17) is 0 Å². The Labute approximate surface area is 123 Å². The van der Waals surface area contributed by atoms with Crippen LogP contribution in [0.1, 0.15) is 45.4 Å². The number of thioether (sulfide) groups is 1. The quantitative estimate of drug-likeness (QED) is 0.858. The Kier molecular flexibility index (Phi) is 5.07. The lowest BCUT2D eigenvalue weighted by Crippen LogP contribution is -2.47. The molecule has 6 heteroatoms. The highest BCUT2D eigenvalue weighted by atomic mass is 32.2. The Morgan fingerprint density at radius 3 is 2.50 bits per heavy atom. The van der Waals surface area contributed by atoms with Crippen LogP contribution in [0.2, 0.25) is 0 Å². The molecule has 0 aromatic heterocycles. The number of aliphatic carboxylic acids is 1. The SMILES string of the molecule is CC(=O)SC1CC(=O)N([C@H](C(=O)O)C2CCCCC2)C1. The van der Waals surface area contributed by atoms with Crippen molar-refractivity contribution in [3.63, 3.8) is 0 Å². The fourth-order valence-electron chi connectivity index (χ4n) is 3.32. The molecule has 1 unspecified atom stereocenters. The van der Waals surface area contributed by atoms with E-state index in [1.165, 1.54) is 11.8 Å². The van der Waals surface area contributed by atoms with Crippen LogP contribution in [0.25, 0.3) is 0 Å². The first-order valence-corrected chi connectivity index (χ1v) is 8.06. The molecule has 2 atom stereocenters. The molecule has 2 fully saturated rings. The van der Waals surface area contributed by atoms with E-state index in [1.54, 1.807) is 0 Å². The Morgan fingerprint density at radius 2 is 1.95 bits per heavy atom. The average Bonchev–Trinajstić information content (AvgIpc) is 2.70. The smallest absolute Gasteiger partial charge is 0.326 e. The molecule has 1 saturated carbocycles. The summed E-state index contributed by atoms with van der Waals surface area (Å²) in [5, 5.41) is 9.39. The normalized spacial score (nSPS) is 25.8. The lowest BCUT2D eigenvalue weighted by Gasteiger charge is -2.33. The molecule has 0 bridgehead atoms. The van der Waals surface area contributed by atoms with Gasteiger partial charge in [0, 0.05) is 25.1 Å². The molecule has 1 aliphatic carbocycles. The maximum absolute atomic E-state index is 12.1. The number of carboxylic acid groups (broad SMARTS) is 1. The highest BCUT2D eigenvalue weighted by Gasteiger charge is 2.42. The highest BCUT2D eigenvalue weighted by Crippen LogP contribution is 2.33. The summed E-state index contributed by atoms with van der Waals surface area (Å²) >= 11 is 1.15. The van der Waals surface area contributed by atoms with E-state index < -0.39 is 12.0 Å². The number of hydrogen-bond acceptors (Lipinski definition) is 4. The molecule has 1 heterocycles. The molecule has 20 heavy (non-hydrogen) atoms. The van der Waals surface area contributed by atoms with Gasteiger partial charge >= 0.3 is 5.97 Å². The first-order valence-electron chi connectivity index (χ1n) is 7.18. The lowest BCUT2D eigenvalue weighted by atomic mass is 9.83. The van der Waals surface area contributed by atoms with E-state index in [-0.39, 0.29) is 28.6 Å². The van der Waals surface area contributed by atoms with Crippen LogP contribution in [-0.4, -0.2) is 44.8 Å². The van der Waals surface area contributed by atoms with Gasteiger partial charge in [0.15, 0.2) is 5.12 Å². The second-order valence-electron chi connectivity index (χ2n) is 5.66. The second-order valence-corrected chi connectivity index (χ2v) is 7.14. The van der Waals surface area contributed by atoms with Gasteiger partial charge in [-0.1, -0.05) is 31.0 Å². The molecular formula is C14H21NO4S. The molecule has 1 saturated heterocycles. The molecule has 0 spiro atoms. The largest absolute Gasteiger partial charge is 0.480 e. The molecule has 1 amide bonds. The van der Waals surface area contributed by atoms with Gasteiger partial charge in [0.1, 0.15) is 6.04 Å². The minimum absolute atomic E-state index is 0.0193. The predicted octanol–water partition coefficient (Wildman–Crippen LogP) is 1.90. The molecule has 0 radical (unpaired) electrons. The summed E-state index contributed by atoms with van der Waals surface area (Å²) in [4.78, 5) is 36.3. The van der Waals surface area contributed by atoms with Crippen molar-refractivity contribution in [1.29, 1.82) is 0 Å². The van der Waals surface area contributed by atoms with Gasteiger partial charge in [-0.25, -0.2) is 4.79 Å². The van der Waals surface area contributed by atoms with Crippen LogP contribution in [0, 0.1) is 5.92 Å². The summed E-state index contributed by atoms with van der Waals surface area (Å²) in [5.41, 5.74) is 0. The van der Waals surface area contributed by atoms with Gasteiger partial charge in [0.2, 0.25) is 5.91 Å². The number of rotatable bonds is 4. The van der Waals surface area contributed by atoms with Gasteiger partial charge in [0.25, 0.3) is 0 Å². The Morgan fingerprint density at radius 1 is 1.30 bits per heavy atom. The molecule has 5 nitrogen and oxygen atoms in total. The third kappa shape index (κ3) is 3.53. The fraction of sp³-hybridized carbons (Fsp3) is 0.786. The zero-order chi connectivity index (χ0) is 14.7. The predicted molar refractivity (Wildman–Crippen MR) is 76.4 cm³/mol. The maximum atomic E-state index is 12.1. The Balaban J connectivity index is 2.07. The summed E-state index contributed by atoms with van der Waals surface area (Å²) in [6.45, 7) is 1.87. The second kappa shape index (κ2) is 6.61. The van der Waals surface area contributed by atoms with Crippen LogP contribution in [-0.2, 0) is 14.4 Å². The van der Waals surface area contributed by atoms with E-state index in [1.807, 2.05) is 0 Å². The van der Waals surface area contributed by atoms with Crippen molar-refractivity contribution in [3.8, 4) is 0 Å². The molecule has 112 valence electrons. The zero-order valence-corrected chi connectivity index (χ0v) is 12.5. The van der Waals surface area contributed by atoms with Crippen LogP contribution < -0.4 is 0 Å². The van der Waals surface area contributed by atoms with E-state index in [0.29, 0.717) is 6.54 Å². The number of carboxylic acids is 1. The number of nitrogens with zero attached hydrogens (tertiary/aromatic N) is 1. The molecular weight excluding hydrogens is 278 g/mol. The van der Waals surface area contributed by atoms with Crippen molar-refractivity contribution < 1.29 is 19.5 Å².